The summed E-state index contributed by atoms with van der Waals surface area (Å²) < 4.78 is 12.9. The Morgan fingerprint density at radius 3 is 2.57 bits per heavy atom. The second kappa shape index (κ2) is 7.57. The molecule has 2 bridgehead atoms. The van der Waals surface area contributed by atoms with Crippen LogP contribution in [-0.2, 0) is 18.8 Å². The van der Waals surface area contributed by atoms with E-state index in [1.807, 2.05) is 19.1 Å². The molecule has 2 unspecified atom stereocenters. The molecule has 1 aromatic heterocycles. The first-order valence-electron chi connectivity index (χ1n) is 12.0. The minimum atomic E-state index is -1.97. The maximum Gasteiger partial charge on any atom is 0.241 e. The third-order valence-electron chi connectivity index (χ3n) is 8.41. The maximum absolute atomic E-state index is 13.9. The van der Waals surface area contributed by atoms with Crippen LogP contribution in [0.1, 0.15) is 34.1 Å². The van der Waals surface area contributed by atoms with E-state index in [9.17, 15) is 9.59 Å². The zero-order valence-corrected chi connectivity index (χ0v) is 22.1. The molecule has 0 N–H and O–H groups in total. The number of amides is 2. The molecule has 8 heteroatoms. The van der Waals surface area contributed by atoms with Gasteiger partial charge in [0.25, 0.3) is 0 Å². The lowest BCUT2D eigenvalue weighted by Crippen LogP contribution is -2.44. The minimum Gasteiger partial charge on any atom is -0.417 e. The van der Waals surface area contributed by atoms with Crippen LogP contribution in [0.3, 0.4) is 0 Å². The van der Waals surface area contributed by atoms with E-state index >= 15 is 0 Å². The Bertz CT molecular complexity index is 1320. The number of ether oxygens (including phenoxy) is 1. The third-order valence-corrected chi connectivity index (χ3v) is 12.9. The summed E-state index contributed by atoms with van der Waals surface area (Å²) in [5.41, 5.74) is -0.360. The number of aromatic nitrogens is 1. The highest BCUT2D eigenvalue weighted by Crippen LogP contribution is 2.59. The van der Waals surface area contributed by atoms with Gasteiger partial charge >= 0.3 is 0 Å². The summed E-state index contributed by atoms with van der Waals surface area (Å²) in [7, 11) is -1.97. The lowest BCUT2D eigenvalue weighted by atomic mass is 9.71. The Morgan fingerprint density at radius 1 is 1.17 bits per heavy atom. The molecule has 3 aliphatic rings. The van der Waals surface area contributed by atoms with Crippen LogP contribution in [-0.4, -0.2) is 42.9 Å². The number of carbonyl (C=O) groups excluding carboxylic acids is 2. The molecule has 4 heterocycles. The Balaban J connectivity index is 1.50. The number of imide groups is 1. The van der Waals surface area contributed by atoms with Crippen molar-refractivity contribution in [3.8, 4) is 0 Å². The van der Waals surface area contributed by atoms with Gasteiger partial charge in [-0.1, -0.05) is 45.1 Å². The average Bonchev–Trinajstić information content (AvgIpc) is 3.37. The Kier molecular flexibility index (Phi) is 5.16. The molecular formula is C27H31N3O4Si. The Morgan fingerprint density at radius 2 is 1.89 bits per heavy atom. The summed E-state index contributed by atoms with van der Waals surface area (Å²) in [6.07, 6.45) is 6.04. The number of hydrogen-bond donors (Lipinski definition) is 0. The smallest absolute Gasteiger partial charge is 0.241 e. The van der Waals surface area contributed by atoms with Gasteiger partial charge in [-0.2, -0.15) is 0 Å². The van der Waals surface area contributed by atoms with Crippen molar-refractivity contribution < 1.29 is 18.8 Å². The lowest BCUT2D eigenvalue weighted by molar-refractivity contribution is -0.129. The van der Waals surface area contributed by atoms with E-state index in [2.05, 4.69) is 43.7 Å². The van der Waals surface area contributed by atoms with E-state index in [-0.39, 0.29) is 16.9 Å². The Hall–Kier alpha value is -2.86. The van der Waals surface area contributed by atoms with Crippen LogP contribution in [0.2, 0.25) is 18.1 Å². The van der Waals surface area contributed by atoms with E-state index < -0.39 is 31.4 Å². The van der Waals surface area contributed by atoms with Crippen molar-refractivity contribution in [2.45, 2.75) is 63.5 Å². The highest BCUT2D eigenvalue weighted by molar-refractivity contribution is 6.74. The molecule has 35 heavy (non-hydrogen) atoms. The number of pyridine rings is 1. The zero-order valence-electron chi connectivity index (χ0n) is 21.1. The van der Waals surface area contributed by atoms with E-state index in [1.165, 1.54) is 4.90 Å². The molecule has 182 valence electrons. The van der Waals surface area contributed by atoms with Crippen molar-refractivity contribution >= 4 is 42.4 Å². The fourth-order valence-electron chi connectivity index (χ4n) is 5.49. The van der Waals surface area contributed by atoms with Crippen molar-refractivity contribution in [3.63, 3.8) is 0 Å². The monoisotopic (exact) mass is 489 g/mol. The van der Waals surface area contributed by atoms with Gasteiger partial charge in [-0.25, -0.2) is 9.74 Å². The first-order valence-corrected chi connectivity index (χ1v) is 14.9. The zero-order chi connectivity index (χ0) is 25.4. The number of anilines is 1. The van der Waals surface area contributed by atoms with Gasteiger partial charge < -0.3 is 9.16 Å². The normalized spacial score (nSPS) is 29.8. The molecule has 0 radical (unpaired) electrons. The highest BCUT2D eigenvalue weighted by atomic mass is 28.4. The second-order valence-electron chi connectivity index (χ2n) is 11.5. The van der Waals surface area contributed by atoms with E-state index in [0.29, 0.717) is 35.3 Å². The van der Waals surface area contributed by atoms with Crippen LogP contribution in [0.5, 0.6) is 0 Å². The molecule has 1 aromatic carbocycles. The van der Waals surface area contributed by atoms with Crippen molar-refractivity contribution in [2.75, 3.05) is 11.5 Å². The fourth-order valence-corrected chi connectivity index (χ4v) is 6.54. The first kappa shape index (κ1) is 23.9. The SMILES string of the molecule is [C-]#[N+]c1ccc(N2C(=O)[C@@H]3[C@H](C2=O)C2(C)C=CC3(CCO[Si](C)(C)C(C)(C)C)O2)c2cccnc12. The number of carbonyl (C=O) groups is 2. The first-order chi connectivity index (χ1) is 16.4. The van der Waals surface area contributed by atoms with E-state index in [1.54, 1.807) is 30.5 Å². The van der Waals surface area contributed by atoms with Gasteiger partial charge in [-0.05, 0) is 37.2 Å². The van der Waals surface area contributed by atoms with Crippen molar-refractivity contribution in [1.82, 2.24) is 4.98 Å². The van der Waals surface area contributed by atoms with Gasteiger partial charge in [-0.15, -0.1) is 0 Å². The van der Waals surface area contributed by atoms with Crippen LogP contribution in [0.15, 0.2) is 42.6 Å². The molecule has 7 nitrogen and oxygen atoms in total. The minimum absolute atomic E-state index is 0.0757. The molecule has 5 rings (SSSR count). The van der Waals surface area contributed by atoms with Crippen LogP contribution in [0, 0.1) is 18.4 Å². The Labute approximate surface area is 207 Å². The molecule has 0 aliphatic carbocycles. The van der Waals surface area contributed by atoms with Crippen LogP contribution < -0.4 is 4.90 Å². The predicted octanol–water partition coefficient (Wildman–Crippen LogP) is 5.40. The predicted molar refractivity (Wildman–Crippen MR) is 137 cm³/mol. The van der Waals surface area contributed by atoms with Crippen LogP contribution in [0.25, 0.3) is 15.7 Å². The molecule has 0 saturated carbocycles. The second-order valence-corrected chi connectivity index (χ2v) is 16.3. The van der Waals surface area contributed by atoms with Crippen molar-refractivity contribution in [3.05, 3.63) is 54.0 Å². The topological polar surface area (TPSA) is 73.1 Å². The number of benzene rings is 1. The molecule has 3 aliphatic heterocycles. The van der Waals surface area contributed by atoms with E-state index in [4.69, 9.17) is 15.7 Å². The summed E-state index contributed by atoms with van der Waals surface area (Å²) in [6, 6.07) is 6.86. The van der Waals surface area contributed by atoms with Gasteiger partial charge in [0.2, 0.25) is 17.5 Å². The van der Waals surface area contributed by atoms with Gasteiger partial charge in [0.05, 0.1) is 35.2 Å². The van der Waals surface area contributed by atoms with Crippen LogP contribution in [0.4, 0.5) is 11.4 Å². The molecule has 2 fully saturated rings. The standard InChI is InChI=1S/C27H31N3O4Si/c1-25(2,3)35(6,7)33-16-14-27-13-12-26(4,34-27)20-21(27)24(32)30(23(20)31)19-11-10-18(28-5)22-17(19)9-8-15-29-22/h8-13,15,20-21H,14,16H2,1-4,6-7H3/t20-,21+,26?,27?/m1/s1. The largest absolute Gasteiger partial charge is 0.417 e. The molecule has 2 aromatic rings. The number of rotatable bonds is 5. The molecule has 2 saturated heterocycles. The quantitative estimate of drug-likeness (QED) is 0.243. The summed E-state index contributed by atoms with van der Waals surface area (Å²) in [5.74, 6) is -1.73. The molecule has 0 spiro atoms. The van der Waals surface area contributed by atoms with Crippen LogP contribution >= 0.6 is 0 Å². The maximum atomic E-state index is 13.9. The summed E-state index contributed by atoms with van der Waals surface area (Å²) in [6.45, 7) is 20.8. The molecular weight excluding hydrogens is 458 g/mol. The number of nitrogens with zero attached hydrogens (tertiary/aromatic N) is 3. The summed E-state index contributed by atoms with van der Waals surface area (Å²) >= 11 is 0. The van der Waals surface area contributed by atoms with Gasteiger partial charge in [0, 0.05) is 24.6 Å². The summed E-state index contributed by atoms with van der Waals surface area (Å²) in [4.78, 5) is 36.9. The number of fused-ring (bicyclic) bond motifs is 6. The third kappa shape index (κ3) is 3.33. The fraction of sp³-hybridized carbons (Fsp3) is 0.481. The average molecular weight is 490 g/mol. The molecule has 4 atom stereocenters. The van der Waals surface area contributed by atoms with Crippen molar-refractivity contribution in [1.29, 1.82) is 0 Å². The summed E-state index contributed by atoms with van der Waals surface area (Å²) in [5, 5.41) is 0.691. The van der Waals surface area contributed by atoms with Gasteiger partial charge in [0.1, 0.15) is 5.60 Å². The van der Waals surface area contributed by atoms with Crippen molar-refractivity contribution in [2.24, 2.45) is 11.8 Å². The van der Waals surface area contributed by atoms with E-state index in [0.717, 1.165) is 0 Å². The number of hydrogen-bond acceptors (Lipinski definition) is 5. The highest BCUT2D eigenvalue weighted by Gasteiger charge is 2.72. The molecule has 2 amide bonds. The van der Waals surface area contributed by atoms with Gasteiger partial charge in [-0.3, -0.25) is 14.6 Å². The lowest BCUT2D eigenvalue weighted by Gasteiger charge is -2.37. The van der Waals surface area contributed by atoms with Gasteiger partial charge in [0.15, 0.2) is 8.32 Å².